The number of hydrogen-bond donors (Lipinski definition) is 1. The molecule has 1 aromatic carbocycles. The topological polar surface area (TPSA) is 59.4 Å². The minimum atomic E-state index is -0.996. The zero-order valence-corrected chi connectivity index (χ0v) is 12.5. The summed E-state index contributed by atoms with van der Waals surface area (Å²) in [5.74, 6) is -0.637. The third kappa shape index (κ3) is 3.12. The van der Waals surface area contributed by atoms with Crippen molar-refractivity contribution in [3.05, 3.63) is 57.7 Å². The second-order valence-corrected chi connectivity index (χ2v) is 6.08. The number of carbonyl (C=O) groups is 1. The van der Waals surface area contributed by atoms with Gasteiger partial charge >= 0.3 is 5.97 Å². The van der Waals surface area contributed by atoms with Gasteiger partial charge in [0.05, 0.1) is 10.6 Å². The van der Waals surface area contributed by atoms with Crippen LogP contribution in [0.4, 0.5) is 0 Å². The van der Waals surface area contributed by atoms with E-state index in [2.05, 4.69) is 4.98 Å². The fourth-order valence-corrected chi connectivity index (χ4v) is 3.29. The van der Waals surface area contributed by atoms with Crippen LogP contribution in [0.1, 0.15) is 15.4 Å². The molecule has 0 saturated carbocycles. The number of aromatic carboxylic acids is 1. The smallest absolute Gasteiger partial charge is 0.339 e. The lowest BCUT2D eigenvalue weighted by atomic mass is 10.2. The highest BCUT2D eigenvalue weighted by Crippen LogP contribution is 2.27. The molecule has 0 bridgehead atoms. The van der Waals surface area contributed by atoms with Crippen LogP contribution in [0.3, 0.4) is 0 Å². The molecule has 3 aromatic rings. The van der Waals surface area contributed by atoms with Gasteiger partial charge in [-0.3, -0.25) is 0 Å². The molecule has 106 valence electrons. The first-order valence-electron chi connectivity index (χ1n) is 6.17. The lowest BCUT2D eigenvalue weighted by Gasteiger charge is -2.06. The van der Waals surface area contributed by atoms with Crippen LogP contribution in [0.5, 0.6) is 5.75 Å². The van der Waals surface area contributed by atoms with Crippen LogP contribution < -0.4 is 4.74 Å². The molecule has 2 aromatic heterocycles. The van der Waals surface area contributed by atoms with Gasteiger partial charge in [0.2, 0.25) is 0 Å². The van der Waals surface area contributed by atoms with Crippen molar-refractivity contribution in [3.63, 3.8) is 0 Å². The second kappa shape index (κ2) is 6.07. The van der Waals surface area contributed by atoms with Crippen LogP contribution in [-0.4, -0.2) is 16.1 Å². The third-order valence-electron chi connectivity index (χ3n) is 2.79. The number of ether oxygens (including phenoxy) is 1. The first-order chi connectivity index (χ1) is 10.2. The zero-order valence-electron chi connectivity index (χ0n) is 10.9. The number of carboxylic acid groups (broad SMARTS) is 1. The van der Waals surface area contributed by atoms with Gasteiger partial charge in [-0.1, -0.05) is 18.2 Å². The molecule has 3 rings (SSSR count). The Hall–Kier alpha value is -2.18. The van der Waals surface area contributed by atoms with E-state index < -0.39 is 5.97 Å². The standard InChI is InChI=1S/C15H11NO3S2/c17-15(18)10-4-1-2-5-12(10)19-8-14-16-11(9-21-14)13-6-3-7-20-13/h1-7,9H,8H2,(H,17,18). The molecule has 2 heterocycles. The summed E-state index contributed by atoms with van der Waals surface area (Å²) in [5, 5.41) is 13.9. The van der Waals surface area contributed by atoms with Crippen molar-refractivity contribution < 1.29 is 14.6 Å². The maximum atomic E-state index is 11.1. The predicted octanol–water partition coefficient (Wildman–Crippen LogP) is 4.15. The van der Waals surface area contributed by atoms with Crippen molar-refractivity contribution in [1.29, 1.82) is 0 Å². The third-order valence-corrected chi connectivity index (χ3v) is 4.51. The van der Waals surface area contributed by atoms with Crippen molar-refractivity contribution in [1.82, 2.24) is 4.98 Å². The highest BCUT2D eigenvalue weighted by molar-refractivity contribution is 7.14. The number of para-hydroxylation sites is 1. The van der Waals surface area contributed by atoms with Crippen molar-refractivity contribution >= 4 is 28.6 Å². The molecule has 1 N–H and O–H groups in total. The number of thiazole rings is 1. The van der Waals surface area contributed by atoms with Crippen LogP contribution in [0, 0.1) is 0 Å². The fraction of sp³-hybridized carbons (Fsp3) is 0.0667. The minimum Gasteiger partial charge on any atom is -0.486 e. The molecule has 0 unspecified atom stereocenters. The van der Waals surface area contributed by atoms with E-state index >= 15 is 0 Å². The molecule has 6 heteroatoms. The molecule has 0 spiro atoms. The number of rotatable bonds is 5. The van der Waals surface area contributed by atoms with E-state index in [1.54, 1.807) is 29.5 Å². The van der Waals surface area contributed by atoms with Gasteiger partial charge in [0.15, 0.2) is 0 Å². The quantitative estimate of drug-likeness (QED) is 0.768. The van der Waals surface area contributed by atoms with Crippen LogP contribution >= 0.6 is 22.7 Å². The Bertz CT molecular complexity index is 750. The summed E-state index contributed by atoms with van der Waals surface area (Å²) in [5.41, 5.74) is 1.09. The van der Waals surface area contributed by atoms with E-state index in [1.165, 1.54) is 17.4 Å². The van der Waals surface area contributed by atoms with Crippen molar-refractivity contribution in [2.75, 3.05) is 0 Å². The van der Waals surface area contributed by atoms with Crippen LogP contribution in [0.15, 0.2) is 47.2 Å². The van der Waals surface area contributed by atoms with Crippen molar-refractivity contribution in [2.45, 2.75) is 6.61 Å². The zero-order chi connectivity index (χ0) is 14.7. The van der Waals surface area contributed by atoms with Gasteiger partial charge in [0, 0.05) is 5.38 Å². The van der Waals surface area contributed by atoms with Crippen LogP contribution in [-0.2, 0) is 6.61 Å². The summed E-state index contributed by atoms with van der Waals surface area (Å²) in [6.07, 6.45) is 0. The first-order valence-corrected chi connectivity index (χ1v) is 7.93. The number of aromatic nitrogens is 1. The van der Waals surface area contributed by atoms with Crippen LogP contribution in [0.2, 0.25) is 0 Å². The van der Waals surface area contributed by atoms with E-state index in [0.717, 1.165) is 15.6 Å². The summed E-state index contributed by atoms with van der Waals surface area (Å²) in [6.45, 7) is 0.264. The molecule has 4 nitrogen and oxygen atoms in total. The Kier molecular flexibility index (Phi) is 3.98. The molecule has 0 atom stereocenters. The molecule has 0 aliphatic heterocycles. The largest absolute Gasteiger partial charge is 0.486 e. The molecule has 0 saturated heterocycles. The van der Waals surface area contributed by atoms with Gasteiger partial charge in [0.25, 0.3) is 0 Å². The Labute approximate surface area is 129 Å². The lowest BCUT2D eigenvalue weighted by Crippen LogP contribution is -2.02. The Morgan fingerprint density at radius 3 is 2.81 bits per heavy atom. The molecule has 0 amide bonds. The Balaban J connectivity index is 1.73. The summed E-state index contributed by atoms with van der Waals surface area (Å²) >= 11 is 3.14. The van der Waals surface area contributed by atoms with E-state index in [9.17, 15) is 4.79 Å². The average Bonchev–Trinajstić information content (AvgIpc) is 3.16. The maximum Gasteiger partial charge on any atom is 0.339 e. The van der Waals surface area contributed by atoms with Gasteiger partial charge in [-0.15, -0.1) is 22.7 Å². The van der Waals surface area contributed by atoms with Gasteiger partial charge in [-0.2, -0.15) is 0 Å². The molecule has 0 fully saturated rings. The first kappa shape index (κ1) is 13.8. The Morgan fingerprint density at radius 2 is 2.05 bits per heavy atom. The summed E-state index contributed by atoms with van der Waals surface area (Å²) in [4.78, 5) is 16.7. The van der Waals surface area contributed by atoms with E-state index in [-0.39, 0.29) is 12.2 Å². The second-order valence-electron chi connectivity index (χ2n) is 4.19. The molecule has 0 aliphatic rings. The summed E-state index contributed by atoms with van der Waals surface area (Å²) in [7, 11) is 0. The lowest BCUT2D eigenvalue weighted by molar-refractivity contribution is 0.0691. The molecular weight excluding hydrogens is 306 g/mol. The van der Waals surface area contributed by atoms with E-state index in [4.69, 9.17) is 9.84 Å². The highest BCUT2D eigenvalue weighted by Gasteiger charge is 2.11. The number of thiophene rings is 1. The predicted molar refractivity (Wildman–Crippen MR) is 83.2 cm³/mol. The van der Waals surface area contributed by atoms with E-state index in [0.29, 0.717) is 5.75 Å². The Morgan fingerprint density at radius 1 is 1.19 bits per heavy atom. The number of hydrogen-bond acceptors (Lipinski definition) is 5. The van der Waals surface area contributed by atoms with E-state index in [1.807, 2.05) is 22.9 Å². The average molecular weight is 317 g/mol. The number of nitrogens with zero attached hydrogens (tertiary/aromatic N) is 1. The molecule has 0 aliphatic carbocycles. The fourth-order valence-electron chi connectivity index (χ4n) is 1.82. The SMILES string of the molecule is O=C(O)c1ccccc1OCc1nc(-c2cccs2)cs1. The minimum absolute atomic E-state index is 0.160. The monoisotopic (exact) mass is 317 g/mol. The molecular formula is C15H11NO3S2. The van der Waals surface area contributed by atoms with Crippen molar-refractivity contribution in [2.24, 2.45) is 0 Å². The number of benzene rings is 1. The highest BCUT2D eigenvalue weighted by atomic mass is 32.1. The van der Waals surface area contributed by atoms with Crippen molar-refractivity contribution in [3.8, 4) is 16.3 Å². The maximum absolute atomic E-state index is 11.1. The van der Waals surface area contributed by atoms with Gasteiger partial charge in [-0.05, 0) is 23.6 Å². The summed E-state index contributed by atoms with van der Waals surface area (Å²) in [6, 6.07) is 10.6. The van der Waals surface area contributed by atoms with Gasteiger partial charge in [-0.25, -0.2) is 9.78 Å². The van der Waals surface area contributed by atoms with Crippen LogP contribution in [0.25, 0.3) is 10.6 Å². The van der Waals surface area contributed by atoms with Gasteiger partial charge in [0.1, 0.15) is 22.9 Å². The normalized spacial score (nSPS) is 10.5. The molecule has 0 radical (unpaired) electrons. The van der Waals surface area contributed by atoms with Gasteiger partial charge < -0.3 is 9.84 Å². The number of carboxylic acids is 1. The summed E-state index contributed by atoms with van der Waals surface area (Å²) < 4.78 is 5.59. The molecule has 21 heavy (non-hydrogen) atoms.